The largest absolute Gasteiger partial charge is 0.493 e. The number of benzene rings is 2. The highest BCUT2D eigenvalue weighted by atomic mass is 16.5. The molecule has 7 heteroatoms. The van der Waals surface area contributed by atoms with Crippen molar-refractivity contribution in [2.75, 3.05) is 13.2 Å². The molecule has 0 radical (unpaired) electrons. The van der Waals surface area contributed by atoms with Crippen molar-refractivity contribution in [1.29, 1.82) is 0 Å². The molecule has 1 aliphatic carbocycles. The summed E-state index contributed by atoms with van der Waals surface area (Å²) in [5.41, 5.74) is 3.86. The quantitative estimate of drug-likeness (QED) is 0.158. The van der Waals surface area contributed by atoms with Crippen molar-refractivity contribution in [2.45, 2.75) is 38.3 Å². The molecular weight excluding hydrogens is 468 g/mol. The normalized spacial score (nSPS) is 13.3. The molecule has 1 saturated carbocycles. The Morgan fingerprint density at radius 1 is 1.03 bits per heavy atom. The lowest BCUT2D eigenvalue weighted by molar-refractivity contribution is 0.110. The third-order valence-electron chi connectivity index (χ3n) is 6.58. The molecule has 1 aliphatic rings. The molecular formula is C30H28N2O5. The fourth-order valence-corrected chi connectivity index (χ4v) is 4.67. The molecule has 1 fully saturated rings. The van der Waals surface area contributed by atoms with E-state index in [1.54, 1.807) is 12.3 Å². The highest BCUT2D eigenvalue weighted by Gasteiger charge is 2.32. The summed E-state index contributed by atoms with van der Waals surface area (Å²) in [5.74, 6) is 3.17. The number of carbonyl (C=O) groups is 1. The summed E-state index contributed by atoms with van der Waals surface area (Å²) in [5, 5.41) is 5.33. The molecule has 37 heavy (non-hydrogen) atoms. The molecule has 7 nitrogen and oxygen atoms in total. The second-order valence-corrected chi connectivity index (χ2v) is 9.34. The van der Waals surface area contributed by atoms with Crippen LogP contribution in [-0.2, 0) is 13.2 Å². The van der Waals surface area contributed by atoms with E-state index in [9.17, 15) is 4.79 Å². The third-order valence-corrected chi connectivity index (χ3v) is 6.58. The first kappa shape index (κ1) is 23.3. The minimum atomic E-state index is 0.303. The van der Waals surface area contributed by atoms with Crippen LogP contribution in [0, 0.1) is 0 Å². The van der Waals surface area contributed by atoms with E-state index in [-0.39, 0.29) is 0 Å². The molecule has 188 valence electrons. The minimum absolute atomic E-state index is 0.303. The van der Waals surface area contributed by atoms with Crippen LogP contribution in [0.4, 0.5) is 0 Å². The Morgan fingerprint density at radius 3 is 2.81 bits per heavy atom. The first-order chi connectivity index (χ1) is 18.3. The fraction of sp³-hybridized carbons (Fsp3) is 0.267. The van der Waals surface area contributed by atoms with Crippen LogP contribution in [0.3, 0.4) is 0 Å². The van der Waals surface area contributed by atoms with E-state index in [0.29, 0.717) is 42.5 Å². The second kappa shape index (κ2) is 10.5. The molecule has 0 amide bonds. The first-order valence-corrected chi connectivity index (χ1v) is 12.7. The van der Waals surface area contributed by atoms with Crippen LogP contribution in [0.1, 0.15) is 52.6 Å². The molecule has 0 aliphatic heterocycles. The number of hydrogen-bond donors (Lipinski definition) is 1. The molecule has 0 bridgehead atoms. The Morgan fingerprint density at radius 2 is 1.97 bits per heavy atom. The van der Waals surface area contributed by atoms with Gasteiger partial charge in [0.15, 0.2) is 12.0 Å². The Hall–Kier alpha value is -4.10. The van der Waals surface area contributed by atoms with Crippen LogP contribution in [0.15, 0.2) is 75.8 Å². The van der Waals surface area contributed by atoms with Crippen molar-refractivity contribution in [2.24, 2.45) is 0 Å². The predicted octanol–water partition coefficient (Wildman–Crippen LogP) is 6.40. The Bertz CT molecular complexity index is 1520. The van der Waals surface area contributed by atoms with Gasteiger partial charge in [-0.15, -0.1) is 0 Å². The number of aromatic nitrogens is 1. The van der Waals surface area contributed by atoms with Crippen molar-refractivity contribution in [3.63, 3.8) is 0 Å². The molecule has 2 aromatic carbocycles. The van der Waals surface area contributed by atoms with Gasteiger partial charge in [0, 0.05) is 29.9 Å². The maximum absolute atomic E-state index is 11.0. The Balaban J connectivity index is 1.13. The predicted molar refractivity (Wildman–Crippen MR) is 140 cm³/mol. The van der Waals surface area contributed by atoms with Gasteiger partial charge in [0.05, 0.1) is 12.0 Å². The zero-order valence-corrected chi connectivity index (χ0v) is 20.4. The van der Waals surface area contributed by atoms with Crippen LogP contribution in [0.5, 0.6) is 11.5 Å². The summed E-state index contributed by atoms with van der Waals surface area (Å²) in [7, 11) is 0. The lowest BCUT2D eigenvalue weighted by atomic mass is 10.1. The van der Waals surface area contributed by atoms with Crippen LogP contribution in [0.2, 0.25) is 0 Å². The van der Waals surface area contributed by atoms with Gasteiger partial charge in [0.2, 0.25) is 0 Å². The van der Waals surface area contributed by atoms with Gasteiger partial charge < -0.3 is 23.6 Å². The van der Waals surface area contributed by atoms with Crippen molar-refractivity contribution in [3.05, 3.63) is 89.6 Å². The monoisotopic (exact) mass is 496 g/mol. The van der Waals surface area contributed by atoms with Gasteiger partial charge in [-0.3, -0.25) is 9.78 Å². The number of aldehydes is 1. The van der Waals surface area contributed by atoms with Crippen molar-refractivity contribution < 1.29 is 23.1 Å². The lowest BCUT2D eigenvalue weighted by Gasteiger charge is -2.10. The maximum Gasteiger partial charge on any atom is 0.185 e. The number of ether oxygens (including phenoxy) is 2. The molecule has 6 rings (SSSR count). The standard InChI is InChI=1S/C30H28N2O5/c33-18-24-15-22-14-23(9-10-25(22)36-24)35-19-28-29(21-7-8-21)30-26(5-1-6-27(30)37-28)34-13-3-12-32-17-20-4-2-11-31-16-20/h1-2,4-6,9-11,14-16,18,21,32H,3,7-8,12-13,17,19H2. The fourth-order valence-electron chi connectivity index (χ4n) is 4.67. The minimum Gasteiger partial charge on any atom is -0.493 e. The van der Waals surface area contributed by atoms with Crippen LogP contribution in [0.25, 0.3) is 21.9 Å². The number of pyridine rings is 1. The van der Waals surface area contributed by atoms with E-state index in [2.05, 4.69) is 16.4 Å². The number of fused-ring (bicyclic) bond motifs is 2. The highest BCUT2D eigenvalue weighted by molar-refractivity contribution is 5.89. The van der Waals surface area contributed by atoms with Crippen LogP contribution in [-0.4, -0.2) is 24.4 Å². The van der Waals surface area contributed by atoms with Gasteiger partial charge in [0.1, 0.15) is 35.0 Å². The number of hydrogen-bond acceptors (Lipinski definition) is 7. The number of carbonyl (C=O) groups excluding carboxylic acids is 1. The zero-order valence-electron chi connectivity index (χ0n) is 20.4. The van der Waals surface area contributed by atoms with Crippen LogP contribution >= 0.6 is 0 Å². The summed E-state index contributed by atoms with van der Waals surface area (Å²) in [6.07, 6.45) is 7.55. The van der Waals surface area contributed by atoms with Gasteiger partial charge >= 0.3 is 0 Å². The summed E-state index contributed by atoms with van der Waals surface area (Å²) < 4.78 is 24.1. The summed E-state index contributed by atoms with van der Waals surface area (Å²) >= 11 is 0. The smallest absolute Gasteiger partial charge is 0.185 e. The zero-order chi connectivity index (χ0) is 25.0. The summed E-state index contributed by atoms with van der Waals surface area (Å²) in [6, 6.07) is 17.3. The molecule has 0 atom stereocenters. The number of nitrogens with one attached hydrogen (secondary N) is 1. The van der Waals surface area contributed by atoms with E-state index >= 15 is 0 Å². The molecule has 0 saturated heterocycles. The van der Waals surface area contributed by atoms with Gasteiger partial charge in [-0.05, 0) is 79.8 Å². The Labute approximate surface area is 214 Å². The van der Waals surface area contributed by atoms with Crippen molar-refractivity contribution in [1.82, 2.24) is 10.3 Å². The molecule has 0 unspecified atom stereocenters. The Kier molecular flexibility index (Phi) is 6.60. The van der Waals surface area contributed by atoms with E-state index in [0.717, 1.165) is 60.2 Å². The maximum atomic E-state index is 11.0. The average Bonchev–Trinajstić information content (AvgIpc) is 3.57. The molecule has 3 heterocycles. The highest BCUT2D eigenvalue weighted by Crippen LogP contribution is 2.48. The van der Waals surface area contributed by atoms with Gasteiger partial charge in [-0.1, -0.05) is 12.1 Å². The average molecular weight is 497 g/mol. The van der Waals surface area contributed by atoms with E-state index in [1.807, 2.05) is 48.7 Å². The summed E-state index contributed by atoms with van der Waals surface area (Å²) in [4.78, 5) is 15.2. The molecule has 5 aromatic rings. The molecule has 1 N–H and O–H groups in total. The lowest BCUT2D eigenvalue weighted by Crippen LogP contribution is -2.17. The second-order valence-electron chi connectivity index (χ2n) is 9.34. The van der Waals surface area contributed by atoms with Gasteiger partial charge in [0.25, 0.3) is 0 Å². The van der Waals surface area contributed by atoms with E-state index in [1.165, 1.54) is 11.1 Å². The van der Waals surface area contributed by atoms with E-state index < -0.39 is 0 Å². The van der Waals surface area contributed by atoms with Crippen LogP contribution < -0.4 is 14.8 Å². The van der Waals surface area contributed by atoms with Crippen molar-refractivity contribution >= 4 is 28.2 Å². The number of nitrogens with zero attached hydrogens (tertiary/aromatic N) is 1. The molecule has 3 aromatic heterocycles. The molecule has 0 spiro atoms. The van der Waals surface area contributed by atoms with Crippen molar-refractivity contribution in [3.8, 4) is 11.5 Å². The first-order valence-electron chi connectivity index (χ1n) is 12.7. The van der Waals surface area contributed by atoms with Gasteiger partial charge in [-0.25, -0.2) is 0 Å². The third kappa shape index (κ3) is 5.22. The van der Waals surface area contributed by atoms with E-state index in [4.69, 9.17) is 18.3 Å². The topological polar surface area (TPSA) is 86.7 Å². The number of rotatable bonds is 12. The van der Waals surface area contributed by atoms with Gasteiger partial charge in [-0.2, -0.15) is 0 Å². The number of furan rings is 2. The summed E-state index contributed by atoms with van der Waals surface area (Å²) in [6.45, 7) is 2.60. The SMILES string of the molecule is O=Cc1cc2cc(OCc3oc4cccc(OCCCNCc5cccnc5)c4c3C3CC3)ccc2o1.